The minimum absolute atomic E-state index is 0.354. The fourth-order valence-corrected chi connectivity index (χ4v) is 0.610. The van der Waals surface area contributed by atoms with E-state index < -0.39 is 0 Å². The van der Waals surface area contributed by atoms with E-state index in [1.807, 2.05) is 6.07 Å². The van der Waals surface area contributed by atoms with Gasteiger partial charge >= 0.3 is 0 Å². The fraction of sp³-hybridized carbons (Fsp3) is 0.400. The molecule has 0 aliphatic heterocycles. The summed E-state index contributed by atoms with van der Waals surface area (Å²) in [5.41, 5.74) is 0. The maximum absolute atomic E-state index is 8.36. The zero-order valence-corrected chi connectivity index (χ0v) is 5.29. The first kappa shape index (κ1) is 5.76. The number of hydrogen-bond acceptors (Lipinski definition) is 3. The largest absolute Gasteiger partial charge is 0.240 e. The highest BCUT2D eigenvalue weighted by molar-refractivity contribution is 5.09. The van der Waals surface area contributed by atoms with Gasteiger partial charge in [-0.25, -0.2) is 9.67 Å². The summed E-state index contributed by atoms with van der Waals surface area (Å²) in [5, 5.41) is 12.2. The average molecular weight is 122 g/mol. The van der Waals surface area contributed by atoms with Crippen LogP contribution >= 0.6 is 0 Å². The molecule has 0 radical (unpaired) electrons. The van der Waals surface area contributed by atoms with E-state index in [0.717, 1.165) is 0 Å². The number of nitrogens with zero attached hydrogens (tertiary/aromatic N) is 4. The Labute approximate surface area is 52.7 Å². The molecule has 0 aromatic carbocycles. The molecule has 1 heterocycles. The van der Waals surface area contributed by atoms with Gasteiger partial charge in [-0.2, -0.15) is 10.4 Å². The standard InChI is InChI=1S/C5H6N4/c1-4-7-5(3-6)9(2)8-4/h1-2H3. The third-order valence-electron chi connectivity index (χ3n) is 0.969. The Balaban J connectivity index is 3.20. The van der Waals surface area contributed by atoms with E-state index in [0.29, 0.717) is 11.6 Å². The smallest absolute Gasteiger partial charge is 0.230 e. The van der Waals surface area contributed by atoms with Crippen molar-refractivity contribution in [2.24, 2.45) is 7.05 Å². The summed E-state index contributed by atoms with van der Waals surface area (Å²) in [5.74, 6) is 0.988. The van der Waals surface area contributed by atoms with Gasteiger partial charge in [0, 0.05) is 7.05 Å². The van der Waals surface area contributed by atoms with E-state index in [9.17, 15) is 0 Å². The second-order valence-electron chi connectivity index (χ2n) is 1.72. The van der Waals surface area contributed by atoms with Crippen LogP contribution < -0.4 is 0 Å². The summed E-state index contributed by atoms with van der Waals surface area (Å²) >= 11 is 0. The van der Waals surface area contributed by atoms with Crippen molar-refractivity contribution in [3.63, 3.8) is 0 Å². The van der Waals surface area contributed by atoms with Crippen LogP contribution in [0.2, 0.25) is 0 Å². The first-order valence-electron chi connectivity index (χ1n) is 2.52. The summed E-state index contributed by atoms with van der Waals surface area (Å²) in [6.45, 7) is 1.75. The zero-order chi connectivity index (χ0) is 6.85. The molecule has 4 heteroatoms. The van der Waals surface area contributed by atoms with Crippen molar-refractivity contribution in [1.29, 1.82) is 5.26 Å². The van der Waals surface area contributed by atoms with Gasteiger partial charge in [-0.3, -0.25) is 0 Å². The summed E-state index contributed by atoms with van der Waals surface area (Å²) in [6.07, 6.45) is 0. The molecule has 0 unspecified atom stereocenters. The lowest BCUT2D eigenvalue weighted by atomic mass is 10.7. The molecule has 0 bridgehead atoms. The predicted molar refractivity (Wildman–Crippen MR) is 30.5 cm³/mol. The van der Waals surface area contributed by atoms with Crippen molar-refractivity contribution in [3.8, 4) is 6.07 Å². The lowest BCUT2D eigenvalue weighted by Gasteiger charge is -1.82. The van der Waals surface area contributed by atoms with Gasteiger partial charge in [-0.15, -0.1) is 0 Å². The summed E-state index contributed by atoms with van der Waals surface area (Å²) in [4.78, 5) is 3.82. The highest BCUT2D eigenvalue weighted by Gasteiger charge is 1.98. The minimum atomic E-state index is 0.354. The monoisotopic (exact) mass is 122 g/mol. The number of hydrogen-bond donors (Lipinski definition) is 0. The molecule has 4 nitrogen and oxygen atoms in total. The highest BCUT2D eigenvalue weighted by Crippen LogP contribution is 1.90. The summed E-state index contributed by atoms with van der Waals surface area (Å²) < 4.78 is 1.45. The van der Waals surface area contributed by atoms with Gasteiger partial charge in [0.15, 0.2) is 0 Å². The Kier molecular flexibility index (Phi) is 1.19. The van der Waals surface area contributed by atoms with Crippen LogP contribution in [0.5, 0.6) is 0 Å². The van der Waals surface area contributed by atoms with Crippen molar-refractivity contribution in [3.05, 3.63) is 11.6 Å². The molecule has 0 atom stereocenters. The normalized spacial score (nSPS) is 9.00. The lowest BCUT2D eigenvalue weighted by molar-refractivity contribution is 0.744. The van der Waals surface area contributed by atoms with E-state index in [1.165, 1.54) is 4.68 Å². The van der Waals surface area contributed by atoms with Gasteiger partial charge in [-0.05, 0) is 6.92 Å². The molecular formula is C5H6N4. The molecular weight excluding hydrogens is 116 g/mol. The Hall–Kier alpha value is -1.37. The number of nitriles is 1. The molecule has 0 fully saturated rings. The topological polar surface area (TPSA) is 54.5 Å². The van der Waals surface area contributed by atoms with E-state index >= 15 is 0 Å². The van der Waals surface area contributed by atoms with Crippen LogP contribution in [0, 0.1) is 18.3 Å². The molecule has 0 saturated carbocycles. The third kappa shape index (κ3) is 0.891. The first-order chi connectivity index (χ1) is 4.24. The van der Waals surface area contributed by atoms with Gasteiger partial charge in [0.1, 0.15) is 11.9 Å². The van der Waals surface area contributed by atoms with E-state index in [2.05, 4.69) is 10.1 Å². The quantitative estimate of drug-likeness (QED) is 0.486. The Morgan fingerprint density at radius 1 is 1.67 bits per heavy atom. The van der Waals surface area contributed by atoms with Crippen LogP contribution in [0.4, 0.5) is 0 Å². The fourth-order valence-electron chi connectivity index (χ4n) is 0.610. The molecule has 1 aromatic heterocycles. The van der Waals surface area contributed by atoms with Gasteiger partial charge in [0.25, 0.3) is 0 Å². The summed E-state index contributed by atoms with van der Waals surface area (Å²) in [6, 6.07) is 1.91. The predicted octanol–water partition coefficient (Wildman–Crippen LogP) is -0.00480. The minimum Gasteiger partial charge on any atom is -0.240 e. The molecule has 0 aliphatic carbocycles. The number of aryl methyl sites for hydroxylation is 2. The number of rotatable bonds is 0. The zero-order valence-electron chi connectivity index (χ0n) is 5.29. The van der Waals surface area contributed by atoms with Crippen LogP contribution in [0.1, 0.15) is 11.6 Å². The Morgan fingerprint density at radius 2 is 2.33 bits per heavy atom. The van der Waals surface area contributed by atoms with Crippen LogP contribution in [-0.2, 0) is 7.05 Å². The molecule has 0 saturated heterocycles. The Bertz CT molecular complexity index is 254. The van der Waals surface area contributed by atoms with Crippen molar-refractivity contribution < 1.29 is 0 Å². The maximum atomic E-state index is 8.36. The molecule has 1 aromatic rings. The molecule has 0 aliphatic rings. The van der Waals surface area contributed by atoms with Gasteiger partial charge in [-0.1, -0.05) is 0 Å². The molecule has 1 rings (SSSR count). The van der Waals surface area contributed by atoms with Crippen molar-refractivity contribution in [1.82, 2.24) is 14.8 Å². The molecule has 0 spiro atoms. The van der Waals surface area contributed by atoms with Crippen molar-refractivity contribution in [2.75, 3.05) is 0 Å². The van der Waals surface area contributed by atoms with Crippen molar-refractivity contribution >= 4 is 0 Å². The van der Waals surface area contributed by atoms with Gasteiger partial charge in [0.05, 0.1) is 0 Å². The lowest BCUT2D eigenvalue weighted by Crippen LogP contribution is -1.93. The molecule has 0 N–H and O–H groups in total. The van der Waals surface area contributed by atoms with Crippen LogP contribution in [-0.4, -0.2) is 14.8 Å². The molecule has 46 valence electrons. The maximum Gasteiger partial charge on any atom is 0.230 e. The van der Waals surface area contributed by atoms with E-state index in [4.69, 9.17) is 5.26 Å². The van der Waals surface area contributed by atoms with Crippen LogP contribution in [0.25, 0.3) is 0 Å². The number of aromatic nitrogens is 3. The Morgan fingerprint density at radius 3 is 2.56 bits per heavy atom. The van der Waals surface area contributed by atoms with E-state index in [1.54, 1.807) is 14.0 Å². The highest BCUT2D eigenvalue weighted by atomic mass is 15.3. The first-order valence-corrected chi connectivity index (χ1v) is 2.52. The van der Waals surface area contributed by atoms with Gasteiger partial charge in [0.2, 0.25) is 5.82 Å². The van der Waals surface area contributed by atoms with E-state index in [-0.39, 0.29) is 0 Å². The second-order valence-corrected chi connectivity index (χ2v) is 1.72. The summed E-state index contributed by atoms with van der Waals surface area (Å²) in [7, 11) is 1.69. The molecule has 0 amide bonds. The SMILES string of the molecule is Cc1nc(C#N)n(C)n1. The van der Waals surface area contributed by atoms with Gasteiger partial charge < -0.3 is 0 Å². The van der Waals surface area contributed by atoms with Crippen LogP contribution in [0.3, 0.4) is 0 Å². The third-order valence-corrected chi connectivity index (χ3v) is 0.969. The average Bonchev–Trinajstić information content (AvgIpc) is 2.10. The molecule has 9 heavy (non-hydrogen) atoms. The van der Waals surface area contributed by atoms with Crippen LogP contribution in [0.15, 0.2) is 0 Å². The van der Waals surface area contributed by atoms with Crippen molar-refractivity contribution in [2.45, 2.75) is 6.92 Å². The second kappa shape index (κ2) is 1.86.